The zero-order chi connectivity index (χ0) is 23.2. The number of ether oxygens (including phenoxy) is 1. The lowest BCUT2D eigenvalue weighted by Crippen LogP contribution is -2.15. The fourth-order valence-corrected chi connectivity index (χ4v) is 5.48. The summed E-state index contributed by atoms with van der Waals surface area (Å²) >= 11 is 1.04. The second-order valence-corrected chi connectivity index (χ2v) is 9.34. The van der Waals surface area contributed by atoms with Gasteiger partial charge in [0.15, 0.2) is 11.6 Å². The quantitative estimate of drug-likeness (QED) is 0.407. The summed E-state index contributed by atoms with van der Waals surface area (Å²) in [6, 6.07) is 8.07. The molecule has 0 unspecified atom stereocenters. The van der Waals surface area contributed by atoms with E-state index in [9.17, 15) is 26.7 Å². The molecule has 2 aromatic carbocycles. The molecule has 0 aliphatic carbocycles. The van der Waals surface area contributed by atoms with Gasteiger partial charge in [-0.25, -0.2) is 17.9 Å². The highest BCUT2D eigenvalue weighted by Crippen LogP contribution is 2.48. The first-order chi connectivity index (χ1) is 15.1. The third-order valence-electron chi connectivity index (χ3n) is 4.75. The SMILES string of the molecule is COc1ccc2c(c1F)CSc1c(C(F)F)nn(-c3ccc(S(=O)(=O)/N=C(\C)[O-])cc3)c1-2. The van der Waals surface area contributed by atoms with E-state index >= 15 is 0 Å². The van der Waals surface area contributed by atoms with Gasteiger partial charge in [0.2, 0.25) is 0 Å². The molecule has 0 fully saturated rings. The summed E-state index contributed by atoms with van der Waals surface area (Å²) in [7, 11) is -2.86. The molecule has 0 N–H and O–H groups in total. The molecule has 0 saturated heterocycles. The maximum atomic E-state index is 14.8. The number of alkyl halides is 2. The van der Waals surface area contributed by atoms with Crippen molar-refractivity contribution in [2.24, 2.45) is 4.40 Å². The fraction of sp³-hybridized carbons (Fsp3) is 0.200. The summed E-state index contributed by atoms with van der Waals surface area (Å²) in [5, 5.41) is 15.1. The van der Waals surface area contributed by atoms with E-state index in [1.54, 1.807) is 6.07 Å². The van der Waals surface area contributed by atoms with Crippen molar-refractivity contribution in [3.63, 3.8) is 0 Å². The largest absolute Gasteiger partial charge is 0.861 e. The summed E-state index contributed by atoms with van der Waals surface area (Å²) in [5.74, 6) is -1.29. The van der Waals surface area contributed by atoms with Gasteiger partial charge in [0.1, 0.15) is 5.69 Å². The predicted molar refractivity (Wildman–Crippen MR) is 110 cm³/mol. The number of sulfonamides is 1. The van der Waals surface area contributed by atoms with Crippen molar-refractivity contribution in [1.29, 1.82) is 0 Å². The van der Waals surface area contributed by atoms with Crippen LogP contribution in [0.4, 0.5) is 13.2 Å². The molecule has 0 saturated carbocycles. The van der Waals surface area contributed by atoms with Crippen LogP contribution >= 0.6 is 11.8 Å². The van der Waals surface area contributed by atoms with Gasteiger partial charge in [-0.2, -0.15) is 17.9 Å². The van der Waals surface area contributed by atoms with E-state index in [1.807, 2.05) is 0 Å². The van der Waals surface area contributed by atoms with E-state index in [-0.39, 0.29) is 32.7 Å². The Morgan fingerprint density at radius 1 is 1.25 bits per heavy atom. The van der Waals surface area contributed by atoms with Crippen LogP contribution in [-0.2, 0) is 15.8 Å². The monoisotopic (exact) mass is 482 g/mol. The number of benzene rings is 2. The van der Waals surface area contributed by atoms with Gasteiger partial charge in [0, 0.05) is 16.9 Å². The van der Waals surface area contributed by atoms with Gasteiger partial charge in [-0.3, -0.25) is 0 Å². The van der Waals surface area contributed by atoms with Crippen LogP contribution < -0.4 is 9.84 Å². The first-order valence-corrected chi connectivity index (χ1v) is 11.5. The standard InChI is InChI=1S/C20H16F3N3O4S2/c1-10(27)25-32(28,29)12-5-3-11(4-6-12)26-18-13-7-8-15(30-2)16(21)14(13)9-31-19(18)17(24-26)20(22)23/h3-8,20H,9H2,1-2H3,(H,25,27)/p-1. The van der Waals surface area contributed by atoms with Gasteiger partial charge in [0.05, 0.1) is 28.3 Å². The first-order valence-electron chi connectivity index (χ1n) is 9.12. The van der Waals surface area contributed by atoms with Crippen molar-refractivity contribution in [1.82, 2.24) is 9.78 Å². The lowest BCUT2D eigenvalue weighted by molar-refractivity contribution is -0.215. The van der Waals surface area contributed by atoms with Crippen LogP contribution in [0.5, 0.6) is 5.75 Å². The third-order valence-corrected chi connectivity index (χ3v) is 7.24. The summed E-state index contributed by atoms with van der Waals surface area (Å²) in [6.07, 6.45) is -2.86. The van der Waals surface area contributed by atoms with Crippen LogP contribution in [0.25, 0.3) is 16.9 Å². The van der Waals surface area contributed by atoms with Crippen molar-refractivity contribution in [2.75, 3.05) is 7.11 Å². The molecule has 0 spiro atoms. The van der Waals surface area contributed by atoms with Crippen LogP contribution in [-0.4, -0.2) is 31.2 Å². The second-order valence-electron chi connectivity index (χ2n) is 6.75. The lowest BCUT2D eigenvalue weighted by Gasteiger charge is -2.20. The number of methoxy groups -OCH3 is 1. The zero-order valence-corrected chi connectivity index (χ0v) is 18.3. The highest BCUT2D eigenvalue weighted by atomic mass is 32.2. The molecular formula is C20H15F3N3O4S2-. The Kier molecular flexibility index (Phi) is 5.67. The molecule has 2 heterocycles. The van der Waals surface area contributed by atoms with Crippen LogP contribution in [0, 0.1) is 5.82 Å². The Balaban J connectivity index is 1.89. The number of nitrogens with zero attached hydrogens (tertiary/aromatic N) is 3. The Bertz CT molecular complexity index is 1330. The van der Waals surface area contributed by atoms with Gasteiger partial charge in [-0.1, -0.05) is 0 Å². The number of rotatable bonds is 5. The number of hydrogen-bond acceptors (Lipinski definition) is 6. The molecular weight excluding hydrogens is 467 g/mol. The summed E-state index contributed by atoms with van der Waals surface area (Å²) < 4.78 is 75.8. The van der Waals surface area contributed by atoms with Gasteiger partial charge >= 0.3 is 0 Å². The van der Waals surface area contributed by atoms with E-state index in [0.29, 0.717) is 11.1 Å². The summed E-state index contributed by atoms with van der Waals surface area (Å²) in [4.78, 5) is -0.0162. The summed E-state index contributed by atoms with van der Waals surface area (Å²) in [5.41, 5.74) is 0.787. The predicted octanol–water partition coefficient (Wildman–Crippen LogP) is 3.70. The third kappa shape index (κ3) is 3.73. The van der Waals surface area contributed by atoms with Crippen LogP contribution in [0.2, 0.25) is 0 Å². The molecule has 1 aliphatic rings. The number of hydrogen-bond donors (Lipinski definition) is 0. The first kappa shape index (κ1) is 22.2. The maximum Gasteiger partial charge on any atom is 0.283 e. The molecule has 1 aromatic heterocycles. The molecule has 32 heavy (non-hydrogen) atoms. The maximum absolute atomic E-state index is 14.8. The minimum absolute atomic E-state index is 0.0386. The van der Waals surface area contributed by atoms with Crippen molar-refractivity contribution in [3.05, 3.63) is 53.5 Å². The minimum atomic E-state index is -4.19. The second kappa shape index (κ2) is 8.17. The molecule has 0 atom stereocenters. The molecule has 7 nitrogen and oxygen atoms in total. The van der Waals surface area contributed by atoms with Crippen LogP contribution in [0.1, 0.15) is 24.6 Å². The molecule has 3 aromatic rings. The van der Waals surface area contributed by atoms with Crippen molar-refractivity contribution >= 4 is 27.7 Å². The van der Waals surface area contributed by atoms with Gasteiger partial charge < -0.3 is 9.84 Å². The molecule has 168 valence electrons. The molecule has 0 radical (unpaired) electrons. The molecule has 1 aliphatic heterocycles. The van der Waals surface area contributed by atoms with E-state index < -0.39 is 33.9 Å². The molecule has 0 amide bonds. The fourth-order valence-electron chi connectivity index (χ4n) is 3.37. The van der Waals surface area contributed by atoms with Crippen molar-refractivity contribution < 1.29 is 31.4 Å². The van der Waals surface area contributed by atoms with Crippen LogP contribution in [0.3, 0.4) is 0 Å². The Hall–Kier alpha value is -2.99. The van der Waals surface area contributed by atoms with Gasteiger partial charge in [0.25, 0.3) is 16.4 Å². The number of halogens is 3. The highest BCUT2D eigenvalue weighted by Gasteiger charge is 2.32. The topological polar surface area (TPSA) is 96.6 Å². The molecule has 0 bridgehead atoms. The number of aromatic nitrogens is 2. The Morgan fingerprint density at radius 3 is 2.53 bits per heavy atom. The smallest absolute Gasteiger partial charge is 0.283 e. The van der Waals surface area contributed by atoms with Gasteiger partial charge in [-0.15, -0.1) is 11.8 Å². The van der Waals surface area contributed by atoms with Gasteiger partial charge in [-0.05, 0) is 49.2 Å². The Morgan fingerprint density at radius 2 is 1.94 bits per heavy atom. The average Bonchev–Trinajstić information content (AvgIpc) is 3.14. The number of fused-ring (bicyclic) bond motifs is 3. The van der Waals surface area contributed by atoms with E-state index in [1.165, 1.54) is 42.1 Å². The average molecular weight is 482 g/mol. The van der Waals surface area contributed by atoms with Crippen molar-refractivity contribution in [2.45, 2.75) is 28.9 Å². The van der Waals surface area contributed by atoms with E-state index in [4.69, 9.17) is 4.74 Å². The lowest BCUT2D eigenvalue weighted by atomic mass is 10.0. The van der Waals surface area contributed by atoms with E-state index in [0.717, 1.165) is 18.7 Å². The minimum Gasteiger partial charge on any atom is -0.861 e. The zero-order valence-electron chi connectivity index (χ0n) is 16.7. The summed E-state index contributed by atoms with van der Waals surface area (Å²) in [6.45, 7) is 1.01. The normalized spacial score (nSPS) is 13.8. The Labute approximate surface area is 185 Å². The molecule has 12 heteroatoms. The molecule has 4 rings (SSSR count). The highest BCUT2D eigenvalue weighted by molar-refractivity contribution is 7.98. The van der Waals surface area contributed by atoms with Crippen molar-refractivity contribution in [3.8, 4) is 22.7 Å². The number of thioether (sulfide) groups is 1. The van der Waals surface area contributed by atoms with E-state index in [2.05, 4.69) is 9.50 Å². The van der Waals surface area contributed by atoms with Crippen LogP contribution in [0.15, 0.2) is 50.6 Å².